The highest BCUT2D eigenvalue weighted by molar-refractivity contribution is 5.32. The Morgan fingerprint density at radius 2 is 1.51 bits per heavy atom. The quantitative estimate of drug-likeness (QED) is 0.398. The SMILES string of the molecule is CCCc1oc(CNCCN2CCN(C(c3ccccc3)c3ccccc3)CC2)nc1C(C)(C)C. The van der Waals surface area contributed by atoms with Gasteiger partial charge in [0.1, 0.15) is 5.76 Å². The van der Waals surface area contributed by atoms with Crippen molar-refractivity contribution >= 4 is 0 Å². The predicted molar refractivity (Wildman–Crippen MR) is 144 cm³/mol. The fourth-order valence-corrected chi connectivity index (χ4v) is 5.02. The third-order valence-corrected chi connectivity index (χ3v) is 6.81. The molecule has 0 radical (unpaired) electrons. The Kier molecular flexibility index (Phi) is 8.77. The minimum absolute atomic E-state index is 0.0172. The van der Waals surface area contributed by atoms with Crippen molar-refractivity contribution in [3.8, 4) is 0 Å². The summed E-state index contributed by atoms with van der Waals surface area (Å²) >= 11 is 0. The van der Waals surface area contributed by atoms with Crippen molar-refractivity contribution in [2.45, 2.75) is 58.5 Å². The first-order valence-corrected chi connectivity index (χ1v) is 13.2. The Bertz CT molecular complexity index is 978. The summed E-state index contributed by atoms with van der Waals surface area (Å²) in [5.41, 5.74) is 3.87. The summed E-state index contributed by atoms with van der Waals surface area (Å²) in [6.45, 7) is 15.8. The van der Waals surface area contributed by atoms with Crippen molar-refractivity contribution in [3.05, 3.63) is 89.1 Å². The molecule has 2 heterocycles. The van der Waals surface area contributed by atoms with Gasteiger partial charge in [0.2, 0.25) is 5.89 Å². The van der Waals surface area contributed by atoms with E-state index in [2.05, 4.69) is 103 Å². The Morgan fingerprint density at radius 1 is 0.914 bits per heavy atom. The molecule has 1 aromatic heterocycles. The molecule has 5 nitrogen and oxygen atoms in total. The third-order valence-electron chi connectivity index (χ3n) is 6.81. The molecular weight excluding hydrogens is 432 g/mol. The van der Waals surface area contributed by atoms with E-state index in [1.54, 1.807) is 0 Å². The van der Waals surface area contributed by atoms with Gasteiger partial charge >= 0.3 is 0 Å². The number of hydrogen-bond acceptors (Lipinski definition) is 5. The lowest BCUT2D eigenvalue weighted by atomic mass is 9.90. The molecular formula is C30H42N4O. The van der Waals surface area contributed by atoms with Gasteiger partial charge in [-0.2, -0.15) is 0 Å². The second kappa shape index (κ2) is 12.0. The van der Waals surface area contributed by atoms with E-state index in [0.29, 0.717) is 12.6 Å². The maximum Gasteiger partial charge on any atom is 0.208 e. The topological polar surface area (TPSA) is 44.5 Å². The number of nitrogens with zero attached hydrogens (tertiary/aromatic N) is 3. The van der Waals surface area contributed by atoms with E-state index < -0.39 is 0 Å². The van der Waals surface area contributed by atoms with E-state index >= 15 is 0 Å². The highest BCUT2D eigenvalue weighted by Crippen LogP contribution is 2.29. The molecule has 2 aromatic carbocycles. The highest BCUT2D eigenvalue weighted by atomic mass is 16.4. The second-order valence-corrected chi connectivity index (χ2v) is 10.7. The van der Waals surface area contributed by atoms with Gasteiger partial charge in [-0.05, 0) is 17.5 Å². The van der Waals surface area contributed by atoms with Crippen molar-refractivity contribution in [3.63, 3.8) is 0 Å². The maximum absolute atomic E-state index is 6.10. The lowest BCUT2D eigenvalue weighted by Crippen LogP contribution is -2.49. The molecule has 4 rings (SSSR count). The average molecular weight is 475 g/mol. The average Bonchev–Trinajstić information content (AvgIpc) is 3.28. The fourth-order valence-electron chi connectivity index (χ4n) is 5.02. The predicted octanol–water partition coefficient (Wildman–Crippen LogP) is 5.42. The number of nitrogens with one attached hydrogen (secondary N) is 1. The molecule has 0 bridgehead atoms. The van der Waals surface area contributed by atoms with Crippen LogP contribution in [0.2, 0.25) is 0 Å². The number of aryl methyl sites for hydroxylation is 1. The van der Waals surface area contributed by atoms with Crippen LogP contribution in [0, 0.1) is 0 Å². The van der Waals surface area contributed by atoms with E-state index in [4.69, 9.17) is 9.40 Å². The Hall–Kier alpha value is -2.47. The van der Waals surface area contributed by atoms with Crippen LogP contribution in [0.5, 0.6) is 0 Å². The van der Waals surface area contributed by atoms with Crippen LogP contribution in [0.3, 0.4) is 0 Å². The van der Waals surface area contributed by atoms with Gasteiger partial charge in [0.15, 0.2) is 0 Å². The molecule has 0 aliphatic carbocycles. The molecule has 1 aliphatic heterocycles. The van der Waals surface area contributed by atoms with Crippen molar-refractivity contribution < 1.29 is 4.42 Å². The van der Waals surface area contributed by atoms with Crippen LogP contribution in [0.15, 0.2) is 65.1 Å². The van der Waals surface area contributed by atoms with Crippen molar-refractivity contribution in [2.75, 3.05) is 39.3 Å². The maximum atomic E-state index is 6.10. The fraction of sp³-hybridized carbons (Fsp3) is 0.500. The van der Waals surface area contributed by atoms with Gasteiger partial charge in [0.25, 0.3) is 0 Å². The van der Waals surface area contributed by atoms with Gasteiger partial charge in [0, 0.05) is 51.1 Å². The van der Waals surface area contributed by atoms with Crippen LogP contribution in [0.4, 0.5) is 0 Å². The molecule has 5 heteroatoms. The summed E-state index contributed by atoms with van der Waals surface area (Å²) in [7, 11) is 0. The lowest BCUT2D eigenvalue weighted by Gasteiger charge is -2.39. The van der Waals surface area contributed by atoms with Gasteiger partial charge in [-0.15, -0.1) is 0 Å². The highest BCUT2D eigenvalue weighted by Gasteiger charge is 2.26. The summed E-state index contributed by atoms with van der Waals surface area (Å²) in [5, 5.41) is 3.56. The number of oxazole rings is 1. The number of hydrogen-bond donors (Lipinski definition) is 1. The van der Waals surface area contributed by atoms with Crippen molar-refractivity contribution in [1.29, 1.82) is 0 Å². The van der Waals surface area contributed by atoms with E-state index in [1.807, 2.05) is 0 Å². The largest absolute Gasteiger partial charge is 0.444 e. The third kappa shape index (κ3) is 6.81. The number of rotatable bonds is 10. The zero-order valence-electron chi connectivity index (χ0n) is 22.0. The first kappa shape index (κ1) is 25.6. The lowest BCUT2D eigenvalue weighted by molar-refractivity contribution is 0.110. The normalized spacial score (nSPS) is 15.7. The second-order valence-electron chi connectivity index (χ2n) is 10.7. The Labute approximate surface area is 211 Å². The summed E-state index contributed by atoms with van der Waals surface area (Å²) in [5.74, 6) is 1.87. The van der Waals surface area contributed by atoms with Crippen molar-refractivity contribution in [1.82, 2.24) is 20.1 Å². The Balaban J connectivity index is 1.27. The zero-order chi connectivity index (χ0) is 24.7. The summed E-state index contributed by atoms with van der Waals surface area (Å²) in [6, 6.07) is 22.1. The Morgan fingerprint density at radius 3 is 2.06 bits per heavy atom. The first-order valence-electron chi connectivity index (χ1n) is 13.2. The van der Waals surface area contributed by atoms with E-state index in [-0.39, 0.29) is 5.41 Å². The molecule has 1 saturated heterocycles. The van der Waals surface area contributed by atoms with Gasteiger partial charge in [-0.25, -0.2) is 4.98 Å². The molecule has 1 N–H and O–H groups in total. The molecule has 0 atom stereocenters. The molecule has 1 aliphatic rings. The molecule has 0 spiro atoms. The molecule has 35 heavy (non-hydrogen) atoms. The minimum atomic E-state index is 0.0172. The van der Waals surface area contributed by atoms with Crippen LogP contribution in [0.1, 0.15) is 68.6 Å². The van der Waals surface area contributed by atoms with Crippen molar-refractivity contribution in [2.24, 2.45) is 0 Å². The minimum Gasteiger partial charge on any atom is -0.444 e. The standard InChI is InChI=1S/C30H42N4O/c1-5-12-26-29(30(2,3)4)32-27(35-26)23-31-17-18-33-19-21-34(22-20-33)28(24-13-8-6-9-14-24)25-15-10-7-11-16-25/h6-11,13-16,28,31H,5,12,17-23H2,1-4H3. The monoisotopic (exact) mass is 474 g/mol. The molecule has 0 saturated carbocycles. The van der Waals surface area contributed by atoms with Crippen LogP contribution in [-0.4, -0.2) is 54.1 Å². The van der Waals surface area contributed by atoms with E-state index in [1.165, 1.54) is 11.1 Å². The van der Waals surface area contributed by atoms with E-state index in [0.717, 1.165) is 69.5 Å². The van der Waals surface area contributed by atoms with Crippen LogP contribution in [0.25, 0.3) is 0 Å². The molecule has 1 fully saturated rings. The van der Waals surface area contributed by atoms with Gasteiger partial charge in [0.05, 0.1) is 18.3 Å². The zero-order valence-corrected chi connectivity index (χ0v) is 22.0. The van der Waals surface area contributed by atoms with Crippen LogP contribution < -0.4 is 5.32 Å². The number of piperazine rings is 1. The molecule has 188 valence electrons. The number of aromatic nitrogens is 1. The summed E-state index contributed by atoms with van der Waals surface area (Å²) < 4.78 is 6.10. The van der Waals surface area contributed by atoms with Crippen LogP contribution >= 0.6 is 0 Å². The molecule has 0 unspecified atom stereocenters. The molecule has 0 amide bonds. The van der Waals surface area contributed by atoms with E-state index in [9.17, 15) is 0 Å². The number of benzene rings is 2. The van der Waals surface area contributed by atoms with Gasteiger partial charge in [-0.3, -0.25) is 9.80 Å². The van der Waals surface area contributed by atoms with Crippen LogP contribution in [-0.2, 0) is 18.4 Å². The van der Waals surface area contributed by atoms with Gasteiger partial charge < -0.3 is 9.73 Å². The van der Waals surface area contributed by atoms with Gasteiger partial charge in [-0.1, -0.05) is 88.4 Å². The first-order chi connectivity index (χ1) is 17.0. The summed E-state index contributed by atoms with van der Waals surface area (Å²) in [6.07, 6.45) is 2.03. The summed E-state index contributed by atoms with van der Waals surface area (Å²) in [4.78, 5) is 10.0. The smallest absolute Gasteiger partial charge is 0.208 e. The molecule has 3 aromatic rings.